The molecule has 0 aromatic carbocycles. The van der Waals surface area contributed by atoms with Crippen LogP contribution in [0, 0.1) is 24.7 Å². The lowest BCUT2D eigenvalue weighted by Crippen LogP contribution is -1.89. The molecule has 2 heteroatoms. The van der Waals surface area contributed by atoms with Gasteiger partial charge in [0.15, 0.2) is 0 Å². The summed E-state index contributed by atoms with van der Waals surface area (Å²) in [5.74, 6) is 6.84. The highest BCUT2D eigenvalue weighted by molar-refractivity contribution is 5.31. The van der Waals surface area contributed by atoms with E-state index in [0.29, 0.717) is 5.92 Å². The molecule has 0 N–H and O–H groups in total. The van der Waals surface area contributed by atoms with Gasteiger partial charge >= 0.3 is 0 Å². The van der Waals surface area contributed by atoms with Crippen molar-refractivity contribution in [1.29, 1.82) is 0 Å². The van der Waals surface area contributed by atoms with E-state index in [1.165, 1.54) is 12.8 Å². The molecule has 0 radical (unpaired) electrons. The molecular formula is C10H10N2. The summed E-state index contributed by atoms with van der Waals surface area (Å²) >= 11 is 0. The number of aromatic nitrogens is 2. The fraction of sp³-hybridized carbons (Fsp3) is 0.400. The van der Waals surface area contributed by atoms with Crippen LogP contribution in [0.5, 0.6) is 0 Å². The maximum Gasteiger partial charge on any atom is 0.134 e. The summed E-state index contributed by atoms with van der Waals surface area (Å²) < 4.78 is 0. The van der Waals surface area contributed by atoms with Crippen LogP contribution in [0.1, 0.15) is 24.2 Å². The minimum Gasteiger partial charge on any atom is -0.257 e. The van der Waals surface area contributed by atoms with Crippen molar-refractivity contribution in [3.63, 3.8) is 0 Å². The number of aryl methyl sites for hydroxylation is 1. The van der Waals surface area contributed by atoms with Gasteiger partial charge in [0, 0.05) is 18.3 Å². The van der Waals surface area contributed by atoms with E-state index >= 15 is 0 Å². The van der Waals surface area contributed by atoms with Gasteiger partial charge in [-0.3, -0.25) is 4.98 Å². The largest absolute Gasteiger partial charge is 0.257 e. The van der Waals surface area contributed by atoms with Crippen molar-refractivity contribution in [2.24, 2.45) is 5.92 Å². The zero-order valence-corrected chi connectivity index (χ0v) is 7.04. The average Bonchev–Trinajstić information content (AvgIpc) is 2.86. The van der Waals surface area contributed by atoms with Crippen LogP contribution in [0.15, 0.2) is 12.4 Å². The molecule has 0 saturated heterocycles. The molecule has 1 fully saturated rings. The highest BCUT2D eigenvalue weighted by atomic mass is 14.8. The zero-order chi connectivity index (χ0) is 8.39. The molecule has 0 atom stereocenters. The lowest BCUT2D eigenvalue weighted by atomic mass is 10.3. The molecule has 0 spiro atoms. The Morgan fingerprint density at radius 1 is 1.33 bits per heavy atom. The van der Waals surface area contributed by atoms with Crippen molar-refractivity contribution in [2.45, 2.75) is 19.8 Å². The number of hydrogen-bond donors (Lipinski definition) is 0. The highest BCUT2D eigenvalue weighted by Crippen LogP contribution is 2.27. The minimum atomic E-state index is 0.631. The summed E-state index contributed by atoms with van der Waals surface area (Å²) in [5.41, 5.74) is 1.75. The van der Waals surface area contributed by atoms with E-state index in [-0.39, 0.29) is 0 Å². The Hall–Kier alpha value is -1.36. The molecule has 1 aromatic heterocycles. The topological polar surface area (TPSA) is 25.8 Å². The number of hydrogen-bond acceptors (Lipinski definition) is 2. The van der Waals surface area contributed by atoms with Crippen LogP contribution >= 0.6 is 0 Å². The van der Waals surface area contributed by atoms with E-state index in [1.54, 1.807) is 12.4 Å². The maximum absolute atomic E-state index is 4.14. The second-order valence-electron chi connectivity index (χ2n) is 3.03. The number of rotatable bonds is 0. The van der Waals surface area contributed by atoms with Gasteiger partial charge < -0.3 is 0 Å². The van der Waals surface area contributed by atoms with Crippen molar-refractivity contribution >= 4 is 0 Å². The Kier molecular flexibility index (Phi) is 1.79. The third kappa shape index (κ3) is 1.62. The molecule has 1 saturated carbocycles. The lowest BCUT2D eigenvalue weighted by molar-refractivity contribution is 1.09. The zero-order valence-electron chi connectivity index (χ0n) is 7.04. The van der Waals surface area contributed by atoms with Crippen molar-refractivity contribution < 1.29 is 0 Å². The first-order chi connectivity index (χ1) is 5.86. The van der Waals surface area contributed by atoms with E-state index < -0.39 is 0 Å². The molecule has 2 nitrogen and oxygen atoms in total. The molecule has 0 aliphatic heterocycles. The second-order valence-corrected chi connectivity index (χ2v) is 3.03. The molecule has 60 valence electrons. The van der Waals surface area contributed by atoms with Crippen LogP contribution in [0.3, 0.4) is 0 Å². The van der Waals surface area contributed by atoms with Crippen molar-refractivity contribution in [1.82, 2.24) is 9.97 Å². The normalized spacial score (nSPS) is 15.1. The third-order valence-corrected chi connectivity index (χ3v) is 1.85. The molecule has 12 heavy (non-hydrogen) atoms. The van der Waals surface area contributed by atoms with E-state index in [4.69, 9.17) is 0 Å². The van der Waals surface area contributed by atoms with Gasteiger partial charge in [-0.1, -0.05) is 5.92 Å². The summed E-state index contributed by atoms with van der Waals surface area (Å²) in [5, 5.41) is 0. The molecule has 1 aromatic rings. The van der Waals surface area contributed by atoms with Gasteiger partial charge in [0.1, 0.15) is 5.69 Å². The van der Waals surface area contributed by atoms with E-state index in [0.717, 1.165) is 11.4 Å². The quantitative estimate of drug-likeness (QED) is 0.535. The first-order valence-corrected chi connectivity index (χ1v) is 4.15. The van der Waals surface area contributed by atoms with Crippen LogP contribution in [-0.4, -0.2) is 9.97 Å². The molecule has 1 heterocycles. The summed E-state index contributed by atoms with van der Waals surface area (Å²) in [6.45, 7) is 1.93. The first-order valence-electron chi connectivity index (χ1n) is 4.15. The van der Waals surface area contributed by atoms with Gasteiger partial charge in [-0.05, 0) is 25.7 Å². The SMILES string of the molecule is Cc1nccnc1C#CC1CC1. The second kappa shape index (κ2) is 2.94. The summed E-state index contributed by atoms with van der Waals surface area (Å²) in [6, 6.07) is 0. The van der Waals surface area contributed by atoms with E-state index in [2.05, 4.69) is 21.8 Å². The van der Waals surface area contributed by atoms with Crippen molar-refractivity contribution in [2.75, 3.05) is 0 Å². The molecule has 1 aliphatic rings. The van der Waals surface area contributed by atoms with E-state index in [9.17, 15) is 0 Å². The Morgan fingerprint density at radius 3 is 2.75 bits per heavy atom. The fourth-order valence-electron chi connectivity index (χ4n) is 0.928. The molecular weight excluding hydrogens is 148 g/mol. The predicted molar refractivity (Wildman–Crippen MR) is 46.4 cm³/mol. The molecule has 0 unspecified atom stereocenters. The van der Waals surface area contributed by atoms with Gasteiger partial charge in [0.25, 0.3) is 0 Å². The maximum atomic E-state index is 4.14. The third-order valence-electron chi connectivity index (χ3n) is 1.85. The van der Waals surface area contributed by atoms with Gasteiger partial charge in [0.05, 0.1) is 5.69 Å². The highest BCUT2D eigenvalue weighted by Gasteiger charge is 2.17. The minimum absolute atomic E-state index is 0.631. The summed E-state index contributed by atoms with van der Waals surface area (Å²) in [6.07, 6.45) is 5.89. The average molecular weight is 158 g/mol. The summed E-state index contributed by atoms with van der Waals surface area (Å²) in [7, 11) is 0. The molecule has 2 rings (SSSR count). The molecule has 0 amide bonds. The predicted octanol–water partition coefficient (Wildman–Crippen LogP) is 1.55. The molecule has 1 aliphatic carbocycles. The number of nitrogens with zero attached hydrogens (tertiary/aromatic N) is 2. The Bertz CT molecular complexity index is 342. The van der Waals surface area contributed by atoms with Crippen molar-refractivity contribution in [3.8, 4) is 11.8 Å². The van der Waals surface area contributed by atoms with Crippen LogP contribution in [0.4, 0.5) is 0 Å². The van der Waals surface area contributed by atoms with Crippen LogP contribution in [-0.2, 0) is 0 Å². The molecule has 0 bridgehead atoms. The van der Waals surface area contributed by atoms with Crippen LogP contribution in [0.2, 0.25) is 0 Å². The van der Waals surface area contributed by atoms with Crippen molar-refractivity contribution in [3.05, 3.63) is 23.8 Å². The van der Waals surface area contributed by atoms with Crippen LogP contribution < -0.4 is 0 Å². The van der Waals surface area contributed by atoms with E-state index in [1.807, 2.05) is 6.92 Å². The Labute approximate surface area is 72.1 Å². The van der Waals surface area contributed by atoms with Gasteiger partial charge in [0.2, 0.25) is 0 Å². The van der Waals surface area contributed by atoms with Gasteiger partial charge in [-0.25, -0.2) is 4.98 Å². The summed E-state index contributed by atoms with van der Waals surface area (Å²) in [4.78, 5) is 8.25. The standard InChI is InChI=1S/C10H10N2/c1-8-10(12-7-6-11-8)5-4-9-2-3-9/h6-7,9H,2-3H2,1H3. The van der Waals surface area contributed by atoms with Gasteiger partial charge in [-0.15, -0.1) is 0 Å². The Balaban J connectivity index is 2.23. The Morgan fingerprint density at radius 2 is 2.08 bits per heavy atom. The van der Waals surface area contributed by atoms with Crippen LogP contribution in [0.25, 0.3) is 0 Å². The first kappa shape index (κ1) is 7.30. The monoisotopic (exact) mass is 158 g/mol. The smallest absolute Gasteiger partial charge is 0.134 e. The fourth-order valence-corrected chi connectivity index (χ4v) is 0.928. The van der Waals surface area contributed by atoms with Gasteiger partial charge in [-0.2, -0.15) is 0 Å². The lowest BCUT2D eigenvalue weighted by Gasteiger charge is -1.92.